The summed E-state index contributed by atoms with van der Waals surface area (Å²) in [5.41, 5.74) is 0.450. The minimum Gasteiger partial charge on any atom is -0.352 e. The van der Waals surface area contributed by atoms with Crippen molar-refractivity contribution in [2.45, 2.75) is 18.9 Å². The summed E-state index contributed by atoms with van der Waals surface area (Å²) in [6, 6.07) is 6.57. The predicted molar refractivity (Wildman–Crippen MR) is 66.8 cm³/mol. The Labute approximate surface area is 106 Å². The van der Waals surface area contributed by atoms with Gasteiger partial charge in [0.15, 0.2) is 0 Å². The molecule has 0 saturated carbocycles. The summed E-state index contributed by atoms with van der Waals surface area (Å²) >= 11 is 0. The number of hydrogen-bond acceptors (Lipinski definition) is 2. The van der Waals surface area contributed by atoms with Crippen LogP contribution in [-0.4, -0.2) is 25.0 Å². The van der Waals surface area contributed by atoms with Gasteiger partial charge in [0.2, 0.25) is 5.91 Å². The van der Waals surface area contributed by atoms with Gasteiger partial charge in [0, 0.05) is 12.6 Å². The predicted octanol–water partition coefficient (Wildman–Crippen LogP) is 1.27. The molecule has 1 amide bonds. The van der Waals surface area contributed by atoms with Crippen molar-refractivity contribution in [2.24, 2.45) is 0 Å². The zero-order chi connectivity index (χ0) is 11.4. The molecule has 1 unspecified atom stereocenters. The largest absolute Gasteiger partial charge is 0.352 e. The van der Waals surface area contributed by atoms with Crippen LogP contribution in [0.4, 0.5) is 4.39 Å². The lowest BCUT2D eigenvalue weighted by atomic mass is 10.1. The number of hydrogen-bond donors (Lipinski definition) is 2. The van der Waals surface area contributed by atoms with Crippen molar-refractivity contribution < 1.29 is 9.18 Å². The molecule has 1 heterocycles. The van der Waals surface area contributed by atoms with Gasteiger partial charge in [-0.05, 0) is 24.6 Å². The molecule has 1 aromatic carbocycles. The highest BCUT2D eigenvalue weighted by atomic mass is 35.5. The molecule has 1 fully saturated rings. The molecule has 0 bridgehead atoms. The first-order valence-corrected chi connectivity index (χ1v) is 5.49. The van der Waals surface area contributed by atoms with E-state index in [4.69, 9.17) is 0 Å². The molecule has 94 valence electrons. The maximum Gasteiger partial charge on any atom is 0.224 e. The van der Waals surface area contributed by atoms with Gasteiger partial charge in [-0.3, -0.25) is 4.79 Å². The molecule has 1 aliphatic heterocycles. The average molecular weight is 259 g/mol. The summed E-state index contributed by atoms with van der Waals surface area (Å²) in [4.78, 5) is 11.6. The summed E-state index contributed by atoms with van der Waals surface area (Å²) < 4.78 is 13.3. The number of amides is 1. The van der Waals surface area contributed by atoms with E-state index >= 15 is 0 Å². The van der Waals surface area contributed by atoms with Crippen molar-refractivity contribution >= 4 is 18.3 Å². The van der Waals surface area contributed by atoms with Crippen LogP contribution in [0.2, 0.25) is 0 Å². The molecule has 2 N–H and O–H groups in total. The van der Waals surface area contributed by atoms with Crippen LogP contribution < -0.4 is 10.6 Å². The summed E-state index contributed by atoms with van der Waals surface area (Å²) in [5.74, 6) is -0.430. The highest BCUT2D eigenvalue weighted by Crippen LogP contribution is 2.07. The second-order valence-electron chi connectivity index (χ2n) is 4.03. The highest BCUT2D eigenvalue weighted by molar-refractivity contribution is 5.85. The van der Waals surface area contributed by atoms with Crippen molar-refractivity contribution in [3.63, 3.8) is 0 Å². The van der Waals surface area contributed by atoms with E-state index in [0.717, 1.165) is 19.5 Å². The third-order valence-electron chi connectivity index (χ3n) is 2.73. The monoisotopic (exact) mass is 258 g/mol. The molecule has 5 heteroatoms. The van der Waals surface area contributed by atoms with E-state index in [1.807, 2.05) is 0 Å². The van der Waals surface area contributed by atoms with Crippen LogP contribution in [0.15, 0.2) is 24.3 Å². The molecule has 1 aromatic rings. The summed E-state index contributed by atoms with van der Waals surface area (Å²) in [6.07, 6.45) is 1.06. The molecule has 0 aromatic heterocycles. The second-order valence-corrected chi connectivity index (χ2v) is 4.03. The van der Waals surface area contributed by atoms with E-state index in [2.05, 4.69) is 10.6 Å². The Balaban J connectivity index is 0.00000144. The SMILES string of the molecule is Cl.O=C(Cc1ccccc1F)NC1CCNC1. The van der Waals surface area contributed by atoms with E-state index < -0.39 is 0 Å². The smallest absolute Gasteiger partial charge is 0.224 e. The number of carbonyl (C=O) groups excluding carboxylic acids is 1. The van der Waals surface area contributed by atoms with Gasteiger partial charge < -0.3 is 10.6 Å². The van der Waals surface area contributed by atoms with Crippen molar-refractivity contribution in [1.82, 2.24) is 10.6 Å². The van der Waals surface area contributed by atoms with Crippen molar-refractivity contribution in [2.75, 3.05) is 13.1 Å². The normalized spacial score (nSPS) is 18.5. The fraction of sp³-hybridized carbons (Fsp3) is 0.417. The molecular weight excluding hydrogens is 243 g/mol. The zero-order valence-corrected chi connectivity index (χ0v) is 10.2. The Morgan fingerprint density at radius 1 is 1.47 bits per heavy atom. The maximum absolute atomic E-state index is 13.3. The third-order valence-corrected chi connectivity index (χ3v) is 2.73. The van der Waals surface area contributed by atoms with E-state index in [1.54, 1.807) is 18.2 Å². The molecule has 0 radical (unpaired) electrons. The van der Waals surface area contributed by atoms with Gasteiger partial charge in [-0.1, -0.05) is 18.2 Å². The summed E-state index contributed by atoms with van der Waals surface area (Å²) in [6.45, 7) is 1.74. The van der Waals surface area contributed by atoms with Gasteiger partial charge >= 0.3 is 0 Å². The van der Waals surface area contributed by atoms with Gasteiger partial charge in [-0.15, -0.1) is 12.4 Å². The van der Waals surface area contributed by atoms with Crippen LogP contribution in [0.5, 0.6) is 0 Å². The summed E-state index contributed by atoms with van der Waals surface area (Å²) in [7, 11) is 0. The highest BCUT2D eigenvalue weighted by Gasteiger charge is 2.17. The molecule has 3 nitrogen and oxygen atoms in total. The quantitative estimate of drug-likeness (QED) is 0.857. The number of benzene rings is 1. The van der Waals surface area contributed by atoms with E-state index in [-0.39, 0.29) is 36.6 Å². The molecule has 0 aliphatic carbocycles. The molecule has 1 aliphatic rings. The first-order valence-electron chi connectivity index (χ1n) is 5.49. The van der Waals surface area contributed by atoms with Crippen LogP contribution in [0.25, 0.3) is 0 Å². The summed E-state index contributed by atoms with van der Waals surface area (Å²) in [5, 5.41) is 6.05. The molecule has 1 atom stereocenters. The van der Waals surface area contributed by atoms with Gasteiger partial charge in [-0.2, -0.15) is 0 Å². The van der Waals surface area contributed by atoms with Gasteiger partial charge in [-0.25, -0.2) is 4.39 Å². The van der Waals surface area contributed by atoms with Gasteiger partial charge in [0.25, 0.3) is 0 Å². The lowest BCUT2D eigenvalue weighted by Gasteiger charge is -2.11. The first kappa shape index (κ1) is 13.9. The fourth-order valence-corrected chi connectivity index (χ4v) is 1.87. The molecule has 1 saturated heterocycles. The maximum atomic E-state index is 13.3. The standard InChI is InChI=1S/C12H15FN2O.ClH/c13-11-4-2-1-3-9(11)7-12(16)15-10-5-6-14-8-10;/h1-4,10,14H,5-8H2,(H,15,16);1H. The molecular formula is C12H16ClFN2O. The van der Waals surface area contributed by atoms with E-state index in [0.29, 0.717) is 5.56 Å². The third kappa shape index (κ3) is 3.98. The zero-order valence-electron chi connectivity index (χ0n) is 9.41. The van der Waals surface area contributed by atoms with Crippen LogP contribution in [-0.2, 0) is 11.2 Å². The minimum atomic E-state index is -0.317. The van der Waals surface area contributed by atoms with Gasteiger partial charge in [0.1, 0.15) is 5.82 Å². The second kappa shape index (κ2) is 6.57. The van der Waals surface area contributed by atoms with Crippen LogP contribution in [0, 0.1) is 5.82 Å². The van der Waals surface area contributed by atoms with Crippen LogP contribution >= 0.6 is 12.4 Å². The van der Waals surface area contributed by atoms with Crippen molar-refractivity contribution in [3.05, 3.63) is 35.6 Å². The Hall–Kier alpha value is -1.13. The molecule has 0 spiro atoms. The van der Waals surface area contributed by atoms with E-state index in [9.17, 15) is 9.18 Å². The number of carbonyl (C=O) groups is 1. The van der Waals surface area contributed by atoms with Crippen LogP contribution in [0.1, 0.15) is 12.0 Å². The molecule has 17 heavy (non-hydrogen) atoms. The van der Waals surface area contributed by atoms with Crippen LogP contribution in [0.3, 0.4) is 0 Å². The minimum absolute atomic E-state index is 0. The first-order chi connectivity index (χ1) is 7.75. The number of rotatable bonds is 3. The lowest BCUT2D eigenvalue weighted by molar-refractivity contribution is -0.121. The van der Waals surface area contributed by atoms with Crippen molar-refractivity contribution in [1.29, 1.82) is 0 Å². The topological polar surface area (TPSA) is 41.1 Å². The lowest BCUT2D eigenvalue weighted by Crippen LogP contribution is -2.37. The Morgan fingerprint density at radius 3 is 2.88 bits per heavy atom. The van der Waals surface area contributed by atoms with Crippen molar-refractivity contribution in [3.8, 4) is 0 Å². The number of halogens is 2. The Bertz CT molecular complexity index is 381. The molecule has 2 rings (SSSR count). The number of nitrogens with one attached hydrogen (secondary N) is 2. The average Bonchev–Trinajstić information content (AvgIpc) is 2.74. The Kier molecular flexibility index (Phi) is 5.38. The van der Waals surface area contributed by atoms with E-state index in [1.165, 1.54) is 6.07 Å². The van der Waals surface area contributed by atoms with Gasteiger partial charge in [0.05, 0.1) is 6.42 Å². The fourth-order valence-electron chi connectivity index (χ4n) is 1.87. The Morgan fingerprint density at radius 2 is 2.24 bits per heavy atom.